The largest absolute Gasteiger partial charge is 0.325 e. The smallest absolute Gasteiger partial charge is 0.313 e. The van der Waals surface area contributed by atoms with Crippen molar-refractivity contribution in [3.63, 3.8) is 0 Å². The van der Waals surface area contributed by atoms with Gasteiger partial charge in [0.15, 0.2) is 0 Å². The molecule has 2 aromatic carbocycles. The molecular weight excluding hydrogens is 376 g/mol. The van der Waals surface area contributed by atoms with Gasteiger partial charge in [0.2, 0.25) is 5.91 Å². The van der Waals surface area contributed by atoms with E-state index in [2.05, 4.69) is 4.98 Å². The van der Waals surface area contributed by atoms with Crippen LogP contribution in [0.25, 0.3) is 0 Å². The van der Waals surface area contributed by atoms with Gasteiger partial charge in [-0.15, -0.1) is 0 Å². The third-order valence-electron chi connectivity index (χ3n) is 5.18. The summed E-state index contributed by atoms with van der Waals surface area (Å²) < 4.78 is 0. The lowest BCUT2D eigenvalue weighted by molar-refractivity contribution is -0.119. The average molecular weight is 400 g/mol. The van der Waals surface area contributed by atoms with Crippen molar-refractivity contribution in [2.75, 3.05) is 29.4 Å². The van der Waals surface area contributed by atoms with Crippen LogP contribution in [-0.4, -0.2) is 41.5 Å². The average Bonchev–Trinajstić information content (AvgIpc) is 3.14. The van der Waals surface area contributed by atoms with Gasteiger partial charge in [0.1, 0.15) is 12.4 Å². The summed E-state index contributed by atoms with van der Waals surface area (Å²) >= 11 is 0. The van der Waals surface area contributed by atoms with E-state index in [1.54, 1.807) is 20.9 Å². The van der Waals surface area contributed by atoms with Crippen LogP contribution in [-0.2, 0) is 11.3 Å². The number of rotatable bonds is 6. The number of benzene rings is 2. The number of urea groups is 1. The SMILES string of the molecule is Cc1ccc(N2CCN(CC(=O)N(Cc3ccccc3)c3ccccn3)C2=O)cc1. The van der Waals surface area contributed by atoms with Gasteiger partial charge >= 0.3 is 6.03 Å². The van der Waals surface area contributed by atoms with Crippen LogP contribution in [0.5, 0.6) is 0 Å². The maximum absolute atomic E-state index is 13.2. The van der Waals surface area contributed by atoms with Gasteiger partial charge in [0.05, 0.1) is 6.54 Å². The van der Waals surface area contributed by atoms with E-state index in [1.165, 1.54) is 0 Å². The van der Waals surface area contributed by atoms with E-state index in [1.807, 2.05) is 79.7 Å². The van der Waals surface area contributed by atoms with Crippen LogP contribution in [0.4, 0.5) is 16.3 Å². The summed E-state index contributed by atoms with van der Waals surface area (Å²) in [5.41, 5.74) is 3.00. The molecule has 0 spiro atoms. The quantitative estimate of drug-likeness (QED) is 0.631. The molecule has 1 saturated heterocycles. The monoisotopic (exact) mass is 400 g/mol. The summed E-state index contributed by atoms with van der Waals surface area (Å²) in [7, 11) is 0. The second kappa shape index (κ2) is 8.78. The summed E-state index contributed by atoms with van der Waals surface area (Å²) in [6, 6.07) is 23.0. The fourth-order valence-electron chi connectivity index (χ4n) is 3.52. The van der Waals surface area contributed by atoms with E-state index >= 15 is 0 Å². The van der Waals surface area contributed by atoms with Crippen molar-refractivity contribution in [1.29, 1.82) is 0 Å². The topological polar surface area (TPSA) is 56.8 Å². The van der Waals surface area contributed by atoms with Crippen LogP contribution < -0.4 is 9.80 Å². The van der Waals surface area contributed by atoms with E-state index in [9.17, 15) is 9.59 Å². The zero-order valence-electron chi connectivity index (χ0n) is 16.9. The van der Waals surface area contributed by atoms with Crippen molar-refractivity contribution in [1.82, 2.24) is 9.88 Å². The van der Waals surface area contributed by atoms with Crippen LogP contribution >= 0.6 is 0 Å². The fraction of sp³-hybridized carbons (Fsp3) is 0.208. The highest BCUT2D eigenvalue weighted by atomic mass is 16.2. The molecule has 1 aliphatic rings. The molecule has 6 heteroatoms. The van der Waals surface area contributed by atoms with Crippen LogP contribution in [0.1, 0.15) is 11.1 Å². The van der Waals surface area contributed by atoms with Crippen LogP contribution in [0.3, 0.4) is 0 Å². The summed E-state index contributed by atoms with van der Waals surface area (Å²) in [5.74, 6) is 0.421. The first-order valence-electron chi connectivity index (χ1n) is 10.0. The maximum Gasteiger partial charge on any atom is 0.325 e. The molecule has 0 bridgehead atoms. The number of hydrogen-bond donors (Lipinski definition) is 0. The molecule has 6 nitrogen and oxygen atoms in total. The highest BCUT2D eigenvalue weighted by Gasteiger charge is 2.32. The van der Waals surface area contributed by atoms with Gasteiger partial charge in [0.25, 0.3) is 0 Å². The van der Waals surface area contributed by atoms with Crippen molar-refractivity contribution < 1.29 is 9.59 Å². The molecule has 4 rings (SSSR count). The van der Waals surface area contributed by atoms with Crippen LogP contribution in [0.2, 0.25) is 0 Å². The first kappa shape index (κ1) is 19.6. The van der Waals surface area contributed by atoms with Gasteiger partial charge in [-0.1, -0.05) is 54.1 Å². The summed E-state index contributed by atoms with van der Waals surface area (Å²) in [6.45, 7) is 3.52. The zero-order valence-corrected chi connectivity index (χ0v) is 16.9. The number of carbonyl (C=O) groups is 2. The van der Waals surface area contributed by atoms with Gasteiger partial charge in [-0.25, -0.2) is 9.78 Å². The van der Waals surface area contributed by atoms with Crippen LogP contribution in [0, 0.1) is 6.92 Å². The number of hydrogen-bond acceptors (Lipinski definition) is 3. The minimum atomic E-state index is -0.156. The van der Waals surface area contributed by atoms with Gasteiger partial charge in [-0.2, -0.15) is 0 Å². The fourth-order valence-corrected chi connectivity index (χ4v) is 3.52. The molecule has 30 heavy (non-hydrogen) atoms. The van der Waals surface area contributed by atoms with E-state index in [0.29, 0.717) is 25.5 Å². The van der Waals surface area contributed by atoms with Crippen molar-refractivity contribution in [3.05, 3.63) is 90.1 Å². The Hall–Kier alpha value is -3.67. The normalized spacial score (nSPS) is 13.6. The minimum absolute atomic E-state index is 0.0185. The third kappa shape index (κ3) is 4.33. The highest BCUT2D eigenvalue weighted by molar-refractivity contribution is 6.00. The number of aryl methyl sites for hydroxylation is 1. The Morgan fingerprint density at radius 2 is 1.70 bits per heavy atom. The molecule has 0 atom stereocenters. The first-order chi connectivity index (χ1) is 14.6. The summed E-state index contributed by atoms with van der Waals surface area (Å²) in [6.07, 6.45) is 1.67. The molecule has 1 aliphatic heterocycles. The number of pyridine rings is 1. The molecule has 0 radical (unpaired) electrons. The van der Waals surface area contributed by atoms with Crippen molar-refractivity contribution in [2.24, 2.45) is 0 Å². The Morgan fingerprint density at radius 1 is 0.967 bits per heavy atom. The van der Waals surface area contributed by atoms with Gasteiger partial charge in [-0.3, -0.25) is 14.6 Å². The number of carbonyl (C=O) groups excluding carboxylic acids is 2. The second-order valence-electron chi connectivity index (χ2n) is 7.34. The molecule has 0 saturated carbocycles. The Bertz CT molecular complexity index is 1010. The number of nitrogens with zero attached hydrogens (tertiary/aromatic N) is 4. The molecule has 3 aromatic rings. The second-order valence-corrected chi connectivity index (χ2v) is 7.34. The molecule has 1 aromatic heterocycles. The third-order valence-corrected chi connectivity index (χ3v) is 5.18. The predicted molar refractivity (Wildman–Crippen MR) is 117 cm³/mol. The summed E-state index contributed by atoms with van der Waals surface area (Å²) in [4.78, 5) is 35.4. The molecule has 2 heterocycles. The first-order valence-corrected chi connectivity index (χ1v) is 10.0. The number of anilines is 2. The molecular formula is C24H24N4O2. The molecule has 152 valence electrons. The molecule has 0 aliphatic carbocycles. The Morgan fingerprint density at radius 3 is 2.40 bits per heavy atom. The summed E-state index contributed by atoms with van der Waals surface area (Å²) in [5, 5.41) is 0. The Balaban J connectivity index is 1.49. The van der Waals surface area contributed by atoms with E-state index in [-0.39, 0.29) is 18.5 Å². The van der Waals surface area contributed by atoms with E-state index in [4.69, 9.17) is 0 Å². The van der Waals surface area contributed by atoms with E-state index < -0.39 is 0 Å². The molecule has 3 amide bonds. The molecule has 1 fully saturated rings. The van der Waals surface area contributed by atoms with Gasteiger partial charge in [-0.05, 0) is 36.8 Å². The predicted octanol–water partition coefficient (Wildman–Crippen LogP) is 3.87. The molecule has 0 N–H and O–H groups in total. The minimum Gasteiger partial charge on any atom is -0.313 e. The van der Waals surface area contributed by atoms with Crippen molar-refractivity contribution in [2.45, 2.75) is 13.5 Å². The number of aromatic nitrogens is 1. The standard InChI is InChI=1S/C24H24N4O2/c1-19-10-12-21(13-11-19)27-16-15-26(24(27)30)18-23(29)28(22-9-5-6-14-25-22)17-20-7-3-2-4-8-20/h2-14H,15-18H2,1H3. The lowest BCUT2D eigenvalue weighted by atomic mass is 10.2. The lowest BCUT2D eigenvalue weighted by Crippen LogP contribution is -2.42. The van der Waals surface area contributed by atoms with Gasteiger partial charge < -0.3 is 4.90 Å². The van der Waals surface area contributed by atoms with Crippen molar-refractivity contribution >= 4 is 23.4 Å². The van der Waals surface area contributed by atoms with E-state index in [0.717, 1.165) is 16.8 Å². The number of amides is 3. The van der Waals surface area contributed by atoms with Crippen molar-refractivity contribution in [3.8, 4) is 0 Å². The van der Waals surface area contributed by atoms with Gasteiger partial charge in [0, 0.05) is 25.0 Å². The zero-order chi connectivity index (χ0) is 20.9. The lowest BCUT2D eigenvalue weighted by Gasteiger charge is -2.25. The Kier molecular flexibility index (Phi) is 5.75. The van der Waals surface area contributed by atoms with Crippen LogP contribution in [0.15, 0.2) is 79.0 Å². The Labute approximate surface area is 176 Å². The highest BCUT2D eigenvalue weighted by Crippen LogP contribution is 2.22. The maximum atomic E-state index is 13.2. The molecule has 0 unspecified atom stereocenters.